The summed E-state index contributed by atoms with van der Waals surface area (Å²) >= 11 is 6.26. The number of halogens is 1. The second-order valence-corrected chi connectivity index (χ2v) is 15.7. The van der Waals surface area contributed by atoms with Gasteiger partial charge in [-0.3, -0.25) is 0 Å². The number of fused-ring (bicyclic) bond motifs is 1. The molecule has 328 valence electrons. The zero-order chi connectivity index (χ0) is 43.3. The molecule has 3 aromatic rings. The largest absolute Gasteiger partial charge is 0.493 e. The van der Waals surface area contributed by atoms with E-state index in [1.54, 1.807) is 49.8 Å². The molecule has 0 aromatic heterocycles. The van der Waals surface area contributed by atoms with E-state index in [0.717, 1.165) is 60.7 Å². The molecule has 0 spiro atoms. The summed E-state index contributed by atoms with van der Waals surface area (Å²) in [6.45, 7) is 6.17. The van der Waals surface area contributed by atoms with Gasteiger partial charge in [0.05, 0.1) is 103 Å². The van der Waals surface area contributed by atoms with Gasteiger partial charge >= 0.3 is 11.9 Å². The van der Waals surface area contributed by atoms with E-state index in [1.165, 1.54) is 11.1 Å². The summed E-state index contributed by atoms with van der Waals surface area (Å²) < 4.78 is 57.2. The number of carbonyl (C=O) groups is 2. The highest BCUT2D eigenvalue weighted by molar-refractivity contribution is 6.42. The highest BCUT2D eigenvalue weighted by atomic mass is 35.5. The van der Waals surface area contributed by atoms with E-state index in [1.807, 2.05) is 24.3 Å². The first kappa shape index (κ1) is 46.2. The molecule has 2 heterocycles. The van der Waals surface area contributed by atoms with Crippen molar-refractivity contribution in [1.82, 2.24) is 0 Å². The molecular formula is C45H61ClN2O12+2. The summed E-state index contributed by atoms with van der Waals surface area (Å²) in [6, 6.07) is 14.1. The Labute approximate surface area is 358 Å². The molecule has 2 aliphatic rings. The number of hydrogen-bond acceptors (Lipinski definition) is 12. The van der Waals surface area contributed by atoms with Gasteiger partial charge in [-0.05, 0) is 47.5 Å². The Bertz CT molecular complexity index is 1940. The number of ether oxygens (including phenoxy) is 10. The first-order chi connectivity index (χ1) is 28.9. The molecule has 0 radical (unpaired) electrons. The Morgan fingerprint density at radius 1 is 0.700 bits per heavy atom. The Morgan fingerprint density at radius 2 is 1.28 bits per heavy atom. The van der Waals surface area contributed by atoms with Gasteiger partial charge in [-0.2, -0.15) is 0 Å². The molecule has 0 aliphatic carbocycles. The van der Waals surface area contributed by atoms with Crippen LogP contribution in [-0.2, 0) is 43.2 Å². The van der Waals surface area contributed by atoms with Crippen molar-refractivity contribution in [2.24, 2.45) is 0 Å². The van der Waals surface area contributed by atoms with Gasteiger partial charge < -0.3 is 56.3 Å². The van der Waals surface area contributed by atoms with Gasteiger partial charge in [0.2, 0.25) is 5.75 Å². The van der Waals surface area contributed by atoms with E-state index in [-0.39, 0.29) is 24.3 Å². The summed E-state index contributed by atoms with van der Waals surface area (Å²) in [6.07, 6.45) is 3.71. The SMILES string of the molecule is COc1ccc(CC2c3cc(OC)c(OC)cc3CC[N+]2(C)CCCOC(=O)C(Cl)=CC(=O)OCCC[N+]2(Cc3cc(OC)c(OC)c(OC)c3)CCOCC2)cc1OC. The van der Waals surface area contributed by atoms with Crippen molar-refractivity contribution in [3.05, 3.63) is 75.8 Å². The fourth-order valence-corrected chi connectivity index (χ4v) is 8.54. The number of rotatable bonds is 21. The minimum Gasteiger partial charge on any atom is -0.493 e. The number of methoxy groups -OCH3 is 7. The molecule has 14 nitrogen and oxygen atoms in total. The van der Waals surface area contributed by atoms with Crippen LogP contribution in [0.4, 0.5) is 0 Å². The quantitative estimate of drug-likeness (QED) is 0.0535. The fourth-order valence-electron chi connectivity index (χ4n) is 8.40. The predicted octanol–water partition coefficient (Wildman–Crippen LogP) is 6.07. The highest BCUT2D eigenvalue weighted by Gasteiger charge is 2.40. The molecular weight excluding hydrogens is 796 g/mol. The molecule has 0 bridgehead atoms. The van der Waals surface area contributed by atoms with E-state index in [4.69, 9.17) is 59.0 Å². The summed E-state index contributed by atoms with van der Waals surface area (Å²) in [5, 5.41) is -0.334. The molecule has 0 amide bonds. The maximum Gasteiger partial charge on any atom is 0.350 e. The Balaban J connectivity index is 1.16. The van der Waals surface area contributed by atoms with Gasteiger partial charge in [0.1, 0.15) is 30.7 Å². The van der Waals surface area contributed by atoms with Crippen molar-refractivity contribution in [3.63, 3.8) is 0 Å². The van der Waals surface area contributed by atoms with E-state index in [0.29, 0.717) is 83.9 Å². The van der Waals surface area contributed by atoms with Crippen molar-refractivity contribution in [2.75, 3.05) is 116 Å². The van der Waals surface area contributed by atoms with Gasteiger partial charge in [0.25, 0.3) is 0 Å². The van der Waals surface area contributed by atoms with Crippen molar-refractivity contribution in [2.45, 2.75) is 38.3 Å². The molecule has 1 fully saturated rings. The zero-order valence-corrected chi connectivity index (χ0v) is 37.0. The second kappa shape index (κ2) is 21.6. The van der Waals surface area contributed by atoms with Crippen LogP contribution in [0.1, 0.15) is 41.1 Å². The molecule has 0 saturated carbocycles. The molecule has 60 heavy (non-hydrogen) atoms. The Morgan fingerprint density at radius 3 is 1.92 bits per heavy atom. The maximum absolute atomic E-state index is 12.9. The second-order valence-electron chi connectivity index (χ2n) is 15.3. The average molecular weight is 857 g/mol. The number of carbonyl (C=O) groups excluding carboxylic acids is 2. The summed E-state index contributed by atoms with van der Waals surface area (Å²) in [4.78, 5) is 25.6. The third-order valence-electron chi connectivity index (χ3n) is 11.7. The van der Waals surface area contributed by atoms with E-state index in [9.17, 15) is 9.59 Å². The van der Waals surface area contributed by atoms with Crippen LogP contribution in [0.3, 0.4) is 0 Å². The Kier molecular flexibility index (Phi) is 16.6. The lowest BCUT2D eigenvalue weighted by Gasteiger charge is -2.46. The average Bonchev–Trinajstić information content (AvgIpc) is 3.26. The van der Waals surface area contributed by atoms with Crippen molar-refractivity contribution in [1.29, 1.82) is 0 Å². The summed E-state index contributed by atoms with van der Waals surface area (Å²) in [5.41, 5.74) is 4.52. The molecule has 5 rings (SSSR count). The Hall–Kier alpha value is -4.89. The number of morpholine rings is 1. The van der Waals surface area contributed by atoms with Crippen LogP contribution in [0.5, 0.6) is 40.2 Å². The van der Waals surface area contributed by atoms with Crippen LogP contribution in [0.2, 0.25) is 0 Å². The molecule has 1 saturated heterocycles. The standard InChI is InChI=1S/C45H61ClN2O12/c1-47(16-13-33-27-39(53-4)40(54-5)28-34(33)36(47)23-31-11-12-37(51-2)38(24-31)52-3)14-9-20-60-45(50)35(46)29-43(49)59-19-10-15-48(17-21-58-22-18-48)30-32-25-41(55-6)44(57-8)42(26-32)56-7/h11-12,24-29,36H,9-10,13-23,30H2,1-8H3/q+2. The monoisotopic (exact) mass is 856 g/mol. The fraction of sp³-hybridized carbons (Fsp3) is 0.511. The normalized spacial score (nSPS) is 18.4. The lowest BCUT2D eigenvalue weighted by atomic mass is 9.86. The van der Waals surface area contributed by atoms with Crippen LogP contribution in [0.15, 0.2) is 53.6 Å². The first-order valence-corrected chi connectivity index (χ1v) is 20.6. The van der Waals surface area contributed by atoms with E-state index >= 15 is 0 Å². The van der Waals surface area contributed by atoms with Crippen LogP contribution in [0.25, 0.3) is 0 Å². The molecule has 0 N–H and O–H groups in total. The minimum atomic E-state index is -0.776. The number of benzene rings is 3. The topological polar surface area (TPSA) is 126 Å². The number of esters is 2. The number of likely N-dealkylation sites (N-methyl/N-ethyl adjacent to an activating group) is 1. The predicted molar refractivity (Wildman–Crippen MR) is 226 cm³/mol. The molecule has 2 atom stereocenters. The van der Waals surface area contributed by atoms with Crippen LogP contribution in [-0.4, -0.2) is 137 Å². The number of quaternary nitrogens is 2. The lowest BCUT2D eigenvalue weighted by molar-refractivity contribution is -0.947. The van der Waals surface area contributed by atoms with Gasteiger partial charge in [-0.25, -0.2) is 9.59 Å². The minimum absolute atomic E-state index is 0.0511. The first-order valence-electron chi connectivity index (χ1n) is 20.2. The molecule has 3 aromatic carbocycles. The molecule has 2 unspecified atom stereocenters. The third kappa shape index (κ3) is 11.3. The van der Waals surface area contributed by atoms with Crippen LogP contribution in [0, 0.1) is 0 Å². The maximum atomic E-state index is 12.9. The van der Waals surface area contributed by atoms with E-state index < -0.39 is 11.9 Å². The summed E-state index contributed by atoms with van der Waals surface area (Å²) in [7, 11) is 13.5. The smallest absolute Gasteiger partial charge is 0.350 e. The molecule has 15 heteroatoms. The van der Waals surface area contributed by atoms with Gasteiger partial charge in [-0.1, -0.05) is 17.7 Å². The lowest BCUT2D eigenvalue weighted by Crippen LogP contribution is -2.55. The molecule has 2 aliphatic heterocycles. The van der Waals surface area contributed by atoms with Crippen molar-refractivity contribution >= 4 is 23.5 Å². The van der Waals surface area contributed by atoms with Gasteiger partial charge in [0, 0.05) is 42.9 Å². The van der Waals surface area contributed by atoms with Crippen molar-refractivity contribution < 1.29 is 65.9 Å². The van der Waals surface area contributed by atoms with Gasteiger partial charge in [0.15, 0.2) is 34.5 Å². The zero-order valence-electron chi connectivity index (χ0n) is 36.3. The van der Waals surface area contributed by atoms with Crippen molar-refractivity contribution in [3.8, 4) is 40.2 Å². The number of nitrogens with zero attached hydrogens (tertiary/aromatic N) is 2. The number of hydrogen-bond donors (Lipinski definition) is 0. The third-order valence-corrected chi connectivity index (χ3v) is 12.0. The highest BCUT2D eigenvalue weighted by Crippen LogP contribution is 2.43. The van der Waals surface area contributed by atoms with E-state index in [2.05, 4.69) is 25.2 Å². The van der Waals surface area contributed by atoms with Crippen LogP contribution < -0.4 is 33.2 Å². The summed E-state index contributed by atoms with van der Waals surface area (Å²) in [5.74, 6) is 2.96. The van der Waals surface area contributed by atoms with Crippen LogP contribution >= 0.6 is 11.6 Å². The van der Waals surface area contributed by atoms with Gasteiger partial charge in [-0.15, -0.1) is 0 Å².